The molecule has 3 rings (SSSR count). The monoisotopic (exact) mass is 195 g/mol. The van der Waals surface area contributed by atoms with Crippen LogP contribution in [0.5, 0.6) is 0 Å². The molecule has 0 aliphatic carbocycles. The van der Waals surface area contributed by atoms with Crippen LogP contribution in [0.15, 0.2) is 0 Å². The highest BCUT2D eigenvalue weighted by molar-refractivity contribution is 7.15. The summed E-state index contributed by atoms with van der Waals surface area (Å²) in [5, 5.41) is 0.742. The molecule has 1 aromatic rings. The molecule has 70 valence electrons. The molecule has 3 heterocycles. The lowest BCUT2D eigenvalue weighted by Gasteiger charge is -2.29. The topological polar surface area (TPSA) is 42.1 Å². The number of nitrogen functional groups attached to an aromatic ring is 1. The second kappa shape index (κ2) is 2.45. The Balaban J connectivity index is 2.11. The van der Waals surface area contributed by atoms with Gasteiger partial charge in [0.15, 0.2) is 5.13 Å². The summed E-state index contributed by atoms with van der Waals surface area (Å²) in [6, 6.07) is 1.34. The molecular weight excluding hydrogens is 182 g/mol. The lowest BCUT2D eigenvalue weighted by atomic mass is 10.1. The third-order valence-electron chi connectivity index (χ3n) is 3.32. The quantitative estimate of drug-likeness (QED) is 0.680. The van der Waals surface area contributed by atoms with Gasteiger partial charge in [0, 0.05) is 23.4 Å². The van der Waals surface area contributed by atoms with Gasteiger partial charge in [-0.25, -0.2) is 4.98 Å². The van der Waals surface area contributed by atoms with Crippen molar-refractivity contribution >= 4 is 16.5 Å². The Morgan fingerprint density at radius 2 is 2.38 bits per heavy atom. The van der Waals surface area contributed by atoms with Crippen molar-refractivity contribution < 1.29 is 0 Å². The van der Waals surface area contributed by atoms with Crippen LogP contribution >= 0.6 is 11.3 Å². The van der Waals surface area contributed by atoms with E-state index in [1.165, 1.54) is 23.4 Å². The summed E-state index contributed by atoms with van der Waals surface area (Å²) in [5.41, 5.74) is 7.00. The van der Waals surface area contributed by atoms with Gasteiger partial charge in [0.1, 0.15) is 0 Å². The molecule has 0 saturated carbocycles. The zero-order valence-corrected chi connectivity index (χ0v) is 8.47. The molecule has 1 aromatic heterocycles. The van der Waals surface area contributed by atoms with E-state index in [2.05, 4.69) is 16.9 Å². The number of nitrogens with two attached hydrogens (primary N) is 1. The first kappa shape index (κ1) is 7.76. The number of nitrogens with zero attached hydrogens (tertiary/aromatic N) is 2. The summed E-state index contributed by atoms with van der Waals surface area (Å²) < 4.78 is 0. The van der Waals surface area contributed by atoms with E-state index in [1.807, 2.05) is 0 Å². The van der Waals surface area contributed by atoms with E-state index in [-0.39, 0.29) is 0 Å². The number of aromatic nitrogens is 1. The minimum Gasteiger partial charge on any atom is -0.375 e. The van der Waals surface area contributed by atoms with E-state index in [9.17, 15) is 0 Å². The molecule has 0 spiro atoms. The van der Waals surface area contributed by atoms with Gasteiger partial charge in [-0.05, 0) is 19.9 Å². The first-order chi connectivity index (χ1) is 6.25. The molecule has 0 unspecified atom stereocenters. The first-order valence-electron chi connectivity index (χ1n) is 4.72. The lowest BCUT2D eigenvalue weighted by molar-refractivity contribution is 0.226. The molecule has 0 aromatic carbocycles. The Hall–Kier alpha value is -0.610. The summed E-state index contributed by atoms with van der Waals surface area (Å²) in [7, 11) is 2.22. The van der Waals surface area contributed by atoms with Crippen molar-refractivity contribution in [2.45, 2.75) is 31.3 Å². The summed E-state index contributed by atoms with van der Waals surface area (Å²) in [5.74, 6) is 0. The minimum atomic E-state index is 0.614. The van der Waals surface area contributed by atoms with Crippen LogP contribution in [0.4, 0.5) is 5.13 Å². The lowest BCUT2D eigenvalue weighted by Crippen LogP contribution is -2.33. The summed E-state index contributed by atoms with van der Waals surface area (Å²) >= 11 is 1.68. The van der Waals surface area contributed by atoms with Crippen LogP contribution in [0, 0.1) is 0 Å². The van der Waals surface area contributed by atoms with Gasteiger partial charge in [0.2, 0.25) is 0 Å². The van der Waals surface area contributed by atoms with Crippen LogP contribution in [0.25, 0.3) is 0 Å². The fraction of sp³-hybridized carbons (Fsp3) is 0.667. The SMILES string of the molecule is CN1[C@H]2CC[C@@H]1c1sc(N)nc1C2. The van der Waals surface area contributed by atoms with Crippen LogP contribution in [-0.2, 0) is 6.42 Å². The standard InChI is InChI=1S/C9H13N3S/c1-12-5-2-3-7(12)8-6(4-5)11-9(10)13-8/h5,7H,2-4H2,1H3,(H2,10,11)/t5-,7+/m0/s1. The molecule has 2 atom stereocenters. The molecule has 13 heavy (non-hydrogen) atoms. The Kier molecular flexibility index (Phi) is 1.46. The van der Waals surface area contributed by atoms with E-state index in [0.29, 0.717) is 6.04 Å². The zero-order valence-electron chi connectivity index (χ0n) is 7.66. The third-order valence-corrected chi connectivity index (χ3v) is 4.34. The minimum absolute atomic E-state index is 0.614. The molecule has 2 N–H and O–H groups in total. The largest absolute Gasteiger partial charge is 0.375 e. The molecule has 2 bridgehead atoms. The molecule has 2 aliphatic rings. The molecule has 1 saturated heterocycles. The highest BCUT2D eigenvalue weighted by atomic mass is 32.1. The number of hydrogen-bond acceptors (Lipinski definition) is 4. The van der Waals surface area contributed by atoms with E-state index in [1.54, 1.807) is 11.3 Å². The van der Waals surface area contributed by atoms with Crippen LogP contribution in [-0.4, -0.2) is 23.0 Å². The van der Waals surface area contributed by atoms with E-state index in [0.717, 1.165) is 17.6 Å². The highest BCUT2D eigenvalue weighted by Crippen LogP contribution is 2.45. The van der Waals surface area contributed by atoms with Gasteiger partial charge in [-0.2, -0.15) is 0 Å². The van der Waals surface area contributed by atoms with Crippen LogP contribution in [0.3, 0.4) is 0 Å². The van der Waals surface area contributed by atoms with Gasteiger partial charge in [-0.3, -0.25) is 4.90 Å². The summed E-state index contributed by atoms with van der Waals surface area (Å²) in [4.78, 5) is 8.31. The van der Waals surface area contributed by atoms with Gasteiger partial charge in [-0.15, -0.1) is 11.3 Å². The highest BCUT2D eigenvalue weighted by Gasteiger charge is 2.39. The average Bonchev–Trinajstić information content (AvgIpc) is 2.54. The number of anilines is 1. The molecule has 0 radical (unpaired) electrons. The predicted molar refractivity (Wildman–Crippen MR) is 53.8 cm³/mol. The first-order valence-corrected chi connectivity index (χ1v) is 5.54. The van der Waals surface area contributed by atoms with Crippen molar-refractivity contribution in [3.63, 3.8) is 0 Å². The molecule has 3 nitrogen and oxygen atoms in total. The van der Waals surface area contributed by atoms with E-state index < -0.39 is 0 Å². The van der Waals surface area contributed by atoms with E-state index >= 15 is 0 Å². The normalized spacial score (nSPS) is 32.1. The Morgan fingerprint density at radius 1 is 1.54 bits per heavy atom. The average molecular weight is 195 g/mol. The van der Waals surface area contributed by atoms with E-state index in [4.69, 9.17) is 5.73 Å². The van der Waals surface area contributed by atoms with Crippen molar-refractivity contribution in [2.24, 2.45) is 0 Å². The van der Waals surface area contributed by atoms with Gasteiger partial charge in [-0.1, -0.05) is 0 Å². The zero-order chi connectivity index (χ0) is 9.00. The molecule has 1 fully saturated rings. The Labute approximate surface area is 81.6 Å². The fourth-order valence-electron chi connectivity index (χ4n) is 2.59. The van der Waals surface area contributed by atoms with Crippen LogP contribution in [0.2, 0.25) is 0 Å². The summed E-state index contributed by atoms with van der Waals surface area (Å²) in [6.45, 7) is 0. The van der Waals surface area contributed by atoms with Crippen LogP contribution in [0.1, 0.15) is 29.5 Å². The molecule has 4 heteroatoms. The summed E-state index contributed by atoms with van der Waals surface area (Å²) in [6.07, 6.45) is 3.72. The number of likely N-dealkylation sites (N-methyl/N-ethyl adjacent to an activating group) is 1. The number of hydrogen-bond donors (Lipinski definition) is 1. The maximum absolute atomic E-state index is 5.72. The van der Waals surface area contributed by atoms with Crippen molar-refractivity contribution in [3.05, 3.63) is 10.6 Å². The predicted octanol–water partition coefficient (Wildman–Crippen LogP) is 1.42. The molecule has 0 amide bonds. The maximum Gasteiger partial charge on any atom is 0.180 e. The maximum atomic E-state index is 5.72. The number of rotatable bonds is 0. The van der Waals surface area contributed by atoms with Gasteiger partial charge in [0.05, 0.1) is 5.69 Å². The van der Waals surface area contributed by atoms with Crippen molar-refractivity contribution in [3.8, 4) is 0 Å². The van der Waals surface area contributed by atoms with Crippen LogP contribution < -0.4 is 5.73 Å². The van der Waals surface area contributed by atoms with Gasteiger partial charge < -0.3 is 5.73 Å². The number of fused-ring (bicyclic) bond motifs is 4. The van der Waals surface area contributed by atoms with Crippen molar-refractivity contribution in [1.82, 2.24) is 9.88 Å². The number of thiazole rings is 1. The Morgan fingerprint density at radius 3 is 3.23 bits per heavy atom. The van der Waals surface area contributed by atoms with Crippen molar-refractivity contribution in [2.75, 3.05) is 12.8 Å². The second-order valence-corrected chi connectivity index (χ2v) is 5.04. The van der Waals surface area contributed by atoms with Gasteiger partial charge >= 0.3 is 0 Å². The smallest absolute Gasteiger partial charge is 0.180 e. The third kappa shape index (κ3) is 0.957. The van der Waals surface area contributed by atoms with Crippen molar-refractivity contribution in [1.29, 1.82) is 0 Å². The fourth-order valence-corrected chi connectivity index (χ4v) is 3.63. The second-order valence-electron chi connectivity index (χ2n) is 3.98. The Bertz CT molecular complexity index is 347. The molecule has 2 aliphatic heterocycles. The van der Waals surface area contributed by atoms with Gasteiger partial charge in [0.25, 0.3) is 0 Å². The molecular formula is C9H13N3S.